The SMILES string of the molecule is CCCCN1CCO[C@H](CN)C1. The molecule has 1 heterocycles. The van der Waals surface area contributed by atoms with Crippen molar-refractivity contribution in [3.63, 3.8) is 0 Å². The van der Waals surface area contributed by atoms with E-state index in [1.54, 1.807) is 0 Å². The third-order valence-corrected chi connectivity index (χ3v) is 2.31. The van der Waals surface area contributed by atoms with Crippen LogP contribution in [0.3, 0.4) is 0 Å². The predicted octanol–water partition coefficient (Wildman–Crippen LogP) is 0.446. The number of ether oxygens (including phenoxy) is 1. The van der Waals surface area contributed by atoms with Crippen LogP contribution < -0.4 is 5.73 Å². The van der Waals surface area contributed by atoms with Gasteiger partial charge < -0.3 is 10.5 Å². The summed E-state index contributed by atoms with van der Waals surface area (Å²) in [7, 11) is 0. The van der Waals surface area contributed by atoms with Gasteiger partial charge in [-0.1, -0.05) is 13.3 Å². The molecule has 12 heavy (non-hydrogen) atoms. The van der Waals surface area contributed by atoms with Gasteiger partial charge in [-0.3, -0.25) is 4.90 Å². The van der Waals surface area contributed by atoms with Gasteiger partial charge in [0.1, 0.15) is 0 Å². The molecule has 1 fully saturated rings. The minimum absolute atomic E-state index is 0.274. The second kappa shape index (κ2) is 5.51. The number of hydrogen-bond donors (Lipinski definition) is 1. The largest absolute Gasteiger partial charge is 0.374 e. The van der Waals surface area contributed by atoms with Crippen molar-refractivity contribution < 1.29 is 4.74 Å². The smallest absolute Gasteiger partial charge is 0.0824 e. The number of rotatable bonds is 4. The summed E-state index contributed by atoms with van der Waals surface area (Å²) in [5.74, 6) is 0. The van der Waals surface area contributed by atoms with Crippen LogP contribution in [0, 0.1) is 0 Å². The molecule has 1 rings (SSSR count). The molecule has 0 amide bonds. The lowest BCUT2D eigenvalue weighted by Crippen LogP contribution is -2.45. The van der Waals surface area contributed by atoms with Gasteiger partial charge in [0.15, 0.2) is 0 Å². The molecule has 1 atom stereocenters. The predicted molar refractivity (Wildman–Crippen MR) is 50.1 cm³/mol. The topological polar surface area (TPSA) is 38.5 Å². The van der Waals surface area contributed by atoms with Gasteiger partial charge in [-0.05, 0) is 13.0 Å². The maximum Gasteiger partial charge on any atom is 0.0824 e. The van der Waals surface area contributed by atoms with Crippen LogP contribution in [0.5, 0.6) is 0 Å². The molecular formula is C9H20N2O. The Labute approximate surface area is 74.9 Å². The number of nitrogens with zero attached hydrogens (tertiary/aromatic N) is 1. The highest BCUT2D eigenvalue weighted by Gasteiger charge is 2.17. The van der Waals surface area contributed by atoms with Crippen LogP contribution in [0.15, 0.2) is 0 Å². The second-order valence-corrected chi connectivity index (χ2v) is 3.38. The Morgan fingerprint density at radius 1 is 1.58 bits per heavy atom. The normalized spacial score (nSPS) is 26.0. The van der Waals surface area contributed by atoms with E-state index in [0.717, 1.165) is 19.7 Å². The third kappa shape index (κ3) is 3.09. The molecule has 0 spiro atoms. The first-order valence-corrected chi connectivity index (χ1v) is 4.90. The van der Waals surface area contributed by atoms with Crippen molar-refractivity contribution in [1.82, 2.24) is 4.90 Å². The van der Waals surface area contributed by atoms with Crippen molar-refractivity contribution >= 4 is 0 Å². The summed E-state index contributed by atoms with van der Waals surface area (Å²) in [6.45, 7) is 7.04. The van der Waals surface area contributed by atoms with Crippen molar-refractivity contribution in [1.29, 1.82) is 0 Å². The molecule has 0 aromatic heterocycles. The first-order chi connectivity index (χ1) is 5.86. The average Bonchev–Trinajstić information content (AvgIpc) is 2.15. The van der Waals surface area contributed by atoms with E-state index in [1.165, 1.54) is 19.4 Å². The monoisotopic (exact) mass is 172 g/mol. The van der Waals surface area contributed by atoms with Crippen LogP contribution >= 0.6 is 0 Å². The molecule has 0 radical (unpaired) electrons. The molecule has 72 valence electrons. The highest BCUT2D eigenvalue weighted by molar-refractivity contribution is 4.71. The molecule has 0 aliphatic carbocycles. The Balaban J connectivity index is 2.16. The summed E-state index contributed by atoms with van der Waals surface area (Å²) in [6, 6.07) is 0. The lowest BCUT2D eigenvalue weighted by atomic mass is 10.2. The van der Waals surface area contributed by atoms with Crippen LogP contribution in [0.1, 0.15) is 19.8 Å². The van der Waals surface area contributed by atoms with Crippen LogP contribution in [0.2, 0.25) is 0 Å². The number of morpholine rings is 1. The van der Waals surface area contributed by atoms with Gasteiger partial charge in [0.2, 0.25) is 0 Å². The maximum atomic E-state index is 5.54. The summed E-state index contributed by atoms with van der Waals surface area (Å²) >= 11 is 0. The number of nitrogens with two attached hydrogens (primary N) is 1. The summed E-state index contributed by atoms with van der Waals surface area (Å²) in [4.78, 5) is 2.45. The Hall–Kier alpha value is -0.120. The van der Waals surface area contributed by atoms with Crippen molar-refractivity contribution in [2.45, 2.75) is 25.9 Å². The molecule has 1 saturated heterocycles. The van der Waals surface area contributed by atoms with Gasteiger partial charge in [-0.2, -0.15) is 0 Å². The average molecular weight is 172 g/mol. The summed E-state index contributed by atoms with van der Waals surface area (Å²) in [5, 5.41) is 0. The lowest BCUT2D eigenvalue weighted by Gasteiger charge is -2.32. The number of hydrogen-bond acceptors (Lipinski definition) is 3. The Bertz CT molecular complexity index is 119. The molecule has 2 N–H and O–H groups in total. The van der Waals surface area contributed by atoms with E-state index in [0.29, 0.717) is 6.54 Å². The Morgan fingerprint density at radius 2 is 2.42 bits per heavy atom. The fourth-order valence-electron chi connectivity index (χ4n) is 1.51. The minimum atomic E-state index is 0.274. The first-order valence-electron chi connectivity index (χ1n) is 4.90. The van der Waals surface area contributed by atoms with E-state index < -0.39 is 0 Å². The zero-order valence-corrected chi connectivity index (χ0v) is 7.96. The van der Waals surface area contributed by atoms with Gasteiger partial charge in [0.05, 0.1) is 12.7 Å². The van der Waals surface area contributed by atoms with Crippen molar-refractivity contribution in [2.75, 3.05) is 32.8 Å². The molecule has 1 aliphatic heterocycles. The van der Waals surface area contributed by atoms with Crippen LogP contribution in [0.25, 0.3) is 0 Å². The maximum absolute atomic E-state index is 5.54. The Morgan fingerprint density at radius 3 is 3.08 bits per heavy atom. The fourth-order valence-corrected chi connectivity index (χ4v) is 1.51. The van der Waals surface area contributed by atoms with E-state index in [1.807, 2.05) is 0 Å². The third-order valence-electron chi connectivity index (χ3n) is 2.31. The van der Waals surface area contributed by atoms with Crippen molar-refractivity contribution in [3.05, 3.63) is 0 Å². The quantitative estimate of drug-likeness (QED) is 0.669. The molecule has 1 aliphatic rings. The van der Waals surface area contributed by atoms with Crippen LogP contribution in [-0.2, 0) is 4.74 Å². The van der Waals surface area contributed by atoms with Gasteiger partial charge >= 0.3 is 0 Å². The number of unbranched alkanes of at least 4 members (excludes halogenated alkanes) is 1. The molecule has 0 aromatic carbocycles. The Kier molecular flexibility index (Phi) is 4.58. The van der Waals surface area contributed by atoms with Gasteiger partial charge in [-0.25, -0.2) is 0 Å². The standard InChI is InChI=1S/C9H20N2O/c1-2-3-4-11-5-6-12-9(7-10)8-11/h9H,2-8,10H2,1H3/t9-/m1/s1. The first kappa shape index (κ1) is 9.96. The van der Waals surface area contributed by atoms with Gasteiger partial charge in [0, 0.05) is 19.6 Å². The highest BCUT2D eigenvalue weighted by atomic mass is 16.5. The molecule has 0 bridgehead atoms. The zero-order valence-electron chi connectivity index (χ0n) is 7.96. The van der Waals surface area contributed by atoms with E-state index in [4.69, 9.17) is 10.5 Å². The summed E-state index contributed by atoms with van der Waals surface area (Å²) in [6.07, 6.45) is 2.83. The molecule has 3 nitrogen and oxygen atoms in total. The molecule has 0 aromatic rings. The highest BCUT2D eigenvalue weighted by Crippen LogP contribution is 2.04. The molecule has 0 saturated carbocycles. The van der Waals surface area contributed by atoms with E-state index in [-0.39, 0.29) is 6.10 Å². The molecular weight excluding hydrogens is 152 g/mol. The van der Waals surface area contributed by atoms with E-state index >= 15 is 0 Å². The zero-order chi connectivity index (χ0) is 8.81. The molecule has 0 unspecified atom stereocenters. The van der Waals surface area contributed by atoms with Crippen LogP contribution in [-0.4, -0.2) is 43.8 Å². The van der Waals surface area contributed by atoms with Gasteiger partial charge in [0.25, 0.3) is 0 Å². The van der Waals surface area contributed by atoms with Crippen molar-refractivity contribution in [3.8, 4) is 0 Å². The second-order valence-electron chi connectivity index (χ2n) is 3.38. The lowest BCUT2D eigenvalue weighted by molar-refractivity contribution is -0.0233. The minimum Gasteiger partial charge on any atom is -0.374 e. The van der Waals surface area contributed by atoms with E-state index in [2.05, 4.69) is 11.8 Å². The van der Waals surface area contributed by atoms with E-state index in [9.17, 15) is 0 Å². The van der Waals surface area contributed by atoms with Gasteiger partial charge in [-0.15, -0.1) is 0 Å². The van der Waals surface area contributed by atoms with Crippen molar-refractivity contribution in [2.24, 2.45) is 5.73 Å². The van der Waals surface area contributed by atoms with Crippen LogP contribution in [0.4, 0.5) is 0 Å². The fraction of sp³-hybridized carbons (Fsp3) is 1.00. The summed E-state index contributed by atoms with van der Waals surface area (Å²) < 4.78 is 5.47. The summed E-state index contributed by atoms with van der Waals surface area (Å²) in [5.41, 5.74) is 5.54. The molecule has 3 heteroatoms.